The van der Waals surface area contributed by atoms with Gasteiger partial charge < -0.3 is 5.32 Å². The Balaban J connectivity index is 1.96. The predicted molar refractivity (Wildman–Crippen MR) is 97.7 cm³/mol. The van der Waals surface area contributed by atoms with Gasteiger partial charge in [0.25, 0.3) is 0 Å². The Hall–Kier alpha value is -2.39. The lowest BCUT2D eigenvalue weighted by molar-refractivity contribution is 0.0969. The highest BCUT2D eigenvalue weighted by molar-refractivity contribution is 9.10. The Labute approximate surface area is 144 Å². The first-order valence-electron chi connectivity index (χ1n) is 7.40. The van der Waals surface area contributed by atoms with Gasteiger partial charge in [-0.05, 0) is 29.8 Å². The van der Waals surface area contributed by atoms with Crippen LogP contribution in [0.3, 0.4) is 0 Å². The molecule has 1 N–H and O–H groups in total. The van der Waals surface area contributed by atoms with Crippen LogP contribution in [0.25, 0.3) is 0 Å². The van der Waals surface area contributed by atoms with E-state index in [1.54, 1.807) is 0 Å². The number of ketones is 1. The van der Waals surface area contributed by atoms with Crippen LogP contribution in [0, 0.1) is 0 Å². The van der Waals surface area contributed by atoms with E-state index in [9.17, 15) is 4.79 Å². The van der Waals surface area contributed by atoms with E-state index >= 15 is 0 Å². The van der Waals surface area contributed by atoms with Crippen LogP contribution in [0.2, 0.25) is 0 Å². The molecule has 0 aliphatic rings. The van der Waals surface area contributed by atoms with Crippen molar-refractivity contribution in [1.82, 2.24) is 0 Å². The molecule has 1 atom stereocenters. The third-order valence-electron chi connectivity index (χ3n) is 3.61. The van der Waals surface area contributed by atoms with Crippen molar-refractivity contribution >= 4 is 27.4 Å². The van der Waals surface area contributed by atoms with E-state index in [-0.39, 0.29) is 5.78 Å². The molecule has 2 nitrogen and oxygen atoms in total. The lowest BCUT2D eigenvalue weighted by atomic mass is 9.97. The second-order valence-corrected chi connectivity index (χ2v) is 6.14. The van der Waals surface area contributed by atoms with Crippen molar-refractivity contribution in [2.45, 2.75) is 6.04 Å². The highest BCUT2D eigenvalue weighted by Crippen LogP contribution is 2.25. The standard InChI is InChI=1S/C20H16BrNO/c21-17-13-11-15(12-14-17)19(22-18-9-5-2-6-10-18)20(23)16-7-3-1-4-8-16/h1-14,19,22H. The van der Waals surface area contributed by atoms with Gasteiger partial charge in [-0.3, -0.25) is 4.79 Å². The minimum absolute atomic E-state index is 0.0526. The summed E-state index contributed by atoms with van der Waals surface area (Å²) in [7, 11) is 0. The Morgan fingerprint density at radius 1 is 0.783 bits per heavy atom. The first-order chi connectivity index (χ1) is 11.2. The first-order valence-corrected chi connectivity index (χ1v) is 8.19. The van der Waals surface area contributed by atoms with Crippen molar-refractivity contribution < 1.29 is 4.79 Å². The minimum atomic E-state index is -0.423. The second-order valence-electron chi connectivity index (χ2n) is 5.23. The summed E-state index contributed by atoms with van der Waals surface area (Å²) < 4.78 is 0.992. The van der Waals surface area contributed by atoms with Gasteiger partial charge in [0.1, 0.15) is 6.04 Å². The zero-order valence-corrected chi connectivity index (χ0v) is 14.0. The summed E-state index contributed by atoms with van der Waals surface area (Å²) in [6.45, 7) is 0. The van der Waals surface area contributed by atoms with Crippen LogP contribution in [0.4, 0.5) is 5.69 Å². The van der Waals surface area contributed by atoms with Crippen molar-refractivity contribution in [2.75, 3.05) is 5.32 Å². The number of Topliss-reactive ketones (excluding diaryl/α,β-unsaturated/α-hetero) is 1. The van der Waals surface area contributed by atoms with Gasteiger partial charge in [-0.1, -0.05) is 76.6 Å². The molecule has 3 aromatic carbocycles. The van der Waals surface area contributed by atoms with E-state index in [2.05, 4.69) is 21.2 Å². The summed E-state index contributed by atoms with van der Waals surface area (Å²) in [6, 6.07) is 26.6. The van der Waals surface area contributed by atoms with Crippen LogP contribution < -0.4 is 5.32 Å². The van der Waals surface area contributed by atoms with Crippen molar-refractivity contribution in [3.8, 4) is 0 Å². The van der Waals surface area contributed by atoms with Crippen LogP contribution in [0.15, 0.2) is 89.4 Å². The summed E-state index contributed by atoms with van der Waals surface area (Å²) in [5.41, 5.74) is 2.56. The first kappa shape index (κ1) is 15.5. The zero-order chi connectivity index (χ0) is 16.1. The number of carbonyl (C=O) groups is 1. The molecule has 3 rings (SSSR count). The number of benzene rings is 3. The van der Waals surface area contributed by atoms with Gasteiger partial charge in [-0.25, -0.2) is 0 Å². The summed E-state index contributed by atoms with van der Waals surface area (Å²) in [5.74, 6) is 0.0526. The number of rotatable bonds is 5. The third-order valence-corrected chi connectivity index (χ3v) is 4.14. The van der Waals surface area contributed by atoms with Gasteiger partial charge >= 0.3 is 0 Å². The summed E-state index contributed by atoms with van der Waals surface area (Å²) >= 11 is 3.44. The van der Waals surface area contributed by atoms with E-state index in [1.807, 2.05) is 84.9 Å². The minimum Gasteiger partial charge on any atom is -0.371 e. The van der Waals surface area contributed by atoms with E-state index in [0.717, 1.165) is 15.7 Å². The molecular formula is C20H16BrNO. The number of carbonyl (C=O) groups excluding carboxylic acids is 1. The van der Waals surface area contributed by atoms with Gasteiger partial charge in [0.05, 0.1) is 0 Å². The quantitative estimate of drug-likeness (QED) is 0.606. The van der Waals surface area contributed by atoms with Gasteiger partial charge in [0, 0.05) is 15.7 Å². The Kier molecular flexibility index (Phi) is 4.89. The normalized spacial score (nSPS) is 11.7. The molecule has 1 unspecified atom stereocenters. The summed E-state index contributed by atoms with van der Waals surface area (Å²) in [4.78, 5) is 13.0. The number of hydrogen-bond acceptors (Lipinski definition) is 2. The van der Waals surface area contributed by atoms with Gasteiger partial charge in [-0.15, -0.1) is 0 Å². The molecule has 0 saturated carbocycles. The van der Waals surface area contributed by atoms with Crippen LogP contribution >= 0.6 is 15.9 Å². The van der Waals surface area contributed by atoms with Gasteiger partial charge in [0.2, 0.25) is 0 Å². The van der Waals surface area contributed by atoms with Crippen molar-refractivity contribution in [3.05, 3.63) is 101 Å². The van der Waals surface area contributed by atoms with E-state index in [1.165, 1.54) is 0 Å². The molecule has 114 valence electrons. The lowest BCUT2D eigenvalue weighted by Crippen LogP contribution is -2.21. The highest BCUT2D eigenvalue weighted by Gasteiger charge is 2.21. The molecular weight excluding hydrogens is 350 g/mol. The van der Waals surface area contributed by atoms with E-state index < -0.39 is 6.04 Å². The van der Waals surface area contributed by atoms with Crippen LogP contribution in [-0.4, -0.2) is 5.78 Å². The molecule has 0 aromatic heterocycles. The predicted octanol–water partition coefficient (Wildman–Crippen LogP) is 5.49. The number of nitrogens with one attached hydrogen (secondary N) is 1. The second kappa shape index (κ2) is 7.25. The molecule has 0 bridgehead atoms. The maximum atomic E-state index is 13.0. The fraction of sp³-hybridized carbons (Fsp3) is 0.0500. The molecule has 0 aliphatic carbocycles. The summed E-state index contributed by atoms with van der Waals surface area (Å²) in [5, 5.41) is 3.35. The highest BCUT2D eigenvalue weighted by atomic mass is 79.9. The molecule has 3 aromatic rings. The van der Waals surface area contributed by atoms with Gasteiger partial charge in [0.15, 0.2) is 5.78 Å². The molecule has 0 heterocycles. The molecule has 0 amide bonds. The molecule has 3 heteroatoms. The lowest BCUT2D eigenvalue weighted by Gasteiger charge is -2.19. The van der Waals surface area contributed by atoms with Crippen molar-refractivity contribution in [1.29, 1.82) is 0 Å². The largest absolute Gasteiger partial charge is 0.371 e. The number of para-hydroxylation sites is 1. The molecule has 0 spiro atoms. The molecule has 0 radical (unpaired) electrons. The topological polar surface area (TPSA) is 29.1 Å². The fourth-order valence-corrected chi connectivity index (χ4v) is 2.69. The number of anilines is 1. The monoisotopic (exact) mass is 365 g/mol. The third kappa shape index (κ3) is 3.88. The maximum absolute atomic E-state index is 13.0. The Bertz CT molecular complexity index is 770. The van der Waals surface area contributed by atoms with Crippen LogP contribution in [0.1, 0.15) is 22.0 Å². The summed E-state index contributed by atoms with van der Waals surface area (Å²) in [6.07, 6.45) is 0. The SMILES string of the molecule is O=C(c1ccccc1)C(Nc1ccccc1)c1ccc(Br)cc1. The van der Waals surface area contributed by atoms with Crippen LogP contribution in [-0.2, 0) is 0 Å². The molecule has 0 saturated heterocycles. The van der Waals surface area contributed by atoms with Crippen LogP contribution in [0.5, 0.6) is 0 Å². The Morgan fingerprint density at radius 2 is 1.35 bits per heavy atom. The number of hydrogen-bond donors (Lipinski definition) is 1. The average Bonchev–Trinajstić information content (AvgIpc) is 2.62. The maximum Gasteiger partial charge on any atom is 0.189 e. The van der Waals surface area contributed by atoms with Crippen molar-refractivity contribution in [2.24, 2.45) is 0 Å². The smallest absolute Gasteiger partial charge is 0.189 e. The van der Waals surface area contributed by atoms with E-state index in [0.29, 0.717) is 5.56 Å². The zero-order valence-electron chi connectivity index (χ0n) is 12.4. The Morgan fingerprint density at radius 3 is 1.96 bits per heavy atom. The molecule has 0 aliphatic heterocycles. The average molecular weight is 366 g/mol. The fourth-order valence-electron chi connectivity index (χ4n) is 2.43. The molecule has 0 fully saturated rings. The van der Waals surface area contributed by atoms with Gasteiger partial charge in [-0.2, -0.15) is 0 Å². The van der Waals surface area contributed by atoms with Crippen molar-refractivity contribution in [3.63, 3.8) is 0 Å². The van der Waals surface area contributed by atoms with E-state index in [4.69, 9.17) is 0 Å². The number of halogens is 1. The molecule has 23 heavy (non-hydrogen) atoms.